The number of nitrogens with one attached hydrogen (secondary N) is 2. The van der Waals surface area contributed by atoms with Crippen LogP contribution in [0.2, 0.25) is 20.1 Å². The highest BCUT2D eigenvalue weighted by Crippen LogP contribution is 2.54. The van der Waals surface area contributed by atoms with Gasteiger partial charge in [-0.1, -0.05) is 187 Å². The minimum absolute atomic E-state index is 0.00616. The van der Waals surface area contributed by atoms with Gasteiger partial charge >= 0.3 is 5.97 Å². The largest absolute Gasteiger partial charge is 0.442 e. The molecule has 382 valence electrons. The van der Waals surface area contributed by atoms with Crippen LogP contribution in [0.5, 0.6) is 0 Å². The van der Waals surface area contributed by atoms with Gasteiger partial charge in [-0.05, 0) is 182 Å². The summed E-state index contributed by atoms with van der Waals surface area (Å²) in [5, 5.41) is 8.08. The van der Waals surface area contributed by atoms with E-state index in [9.17, 15) is 4.79 Å². The number of cyclic esters (lactones) is 1. The number of ether oxygens (including phenoxy) is 1. The van der Waals surface area contributed by atoms with Gasteiger partial charge in [0.15, 0.2) is 5.60 Å². The van der Waals surface area contributed by atoms with Crippen molar-refractivity contribution < 1.29 is 9.53 Å². The highest BCUT2D eigenvalue weighted by molar-refractivity contribution is 6.53. The molecule has 1 aliphatic heterocycles. The van der Waals surface area contributed by atoms with Gasteiger partial charge in [0.05, 0.1) is 25.7 Å². The maximum absolute atomic E-state index is 14.6. The van der Waals surface area contributed by atoms with E-state index in [0.29, 0.717) is 17.4 Å². The number of aryl methyl sites for hydroxylation is 2. The molecule has 0 saturated heterocycles. The SMILES string of the molecule is CCCCc1ccc(C(=CC2(C=C(c3ccc(CCCC)cc3)c3ccc(NC4(C)CC(C)CC(C)(C)C4)cc3)OC(=O)c3c(Cl)c(Cl)c(Cl)c(Cl)c32)c2ccc(NC3(C)CC(C)CC(C)(C)C3)cc2)cc1. The van der Waals surface area contributed by atoms with E-state index in [4.69, 9.17) is 51.1 Å². The van der Waals surface area contributed by atoms with Crippen molar-refractivity contribution >= 4 is 74.9 Å². The van der Waals surface area contributed by atoms with Gasteiger partial charge in [-0.2, -0.15) is 0 Å². The predicted octanol–water partition coefficient (Wildman–Crippen LogP) is 19.6. The molecule has 4 unspecified atom stereocenters. The lowest BCUT2D eigenvalue weighted by atomic mass is 9.65. The number of carbonyl (C=O) groups is 1. The van der Waals surface area contributed by atoms with Crippen LogP contribution in [0.15, 0.2) is 109 Å². The Labute approximate surface area is 451 Å². The van der Waals surface area contributed by atoms with E-state index in [0.717, 1.165) is 109 Å². The average Bonchev–Trinajstić information content (AvgIpc) is 3.60. The van der Waals surface area contributed by atoms with Gasteiger partial charge in [0.2, 0.25) is 0 Å². The highest BCUT2D eigenvalue weighted by Gasteiger charge is 2.49. The standard InChI is InChI=1S/C64H76Cl4N2O2/c1-11-13-15-43-17-21-45(22-18-43)51(47-25-29-49(30-26-47)69-62(9)35-41(3)33-60(5,6)39-62)37-64(54-53(59(71)72-64)55(65)57(67)58(68)56(54)66)38-52(46-23-19-44(20-24-46)16-14-12-2)48-27-31-50(32-28-48)70-63(10)36-42(4)34-61(7,8)40-63/h17-32,37-38,41-42,69-70H,11-16,33-36,39-40H2,1-10H3. The molecular formula is C64H76Cl4N2O2. The summed E-state index contributed by atoms with van der Waals surface area (Å²) in [6.45, 7) is 23.4. The van der Waals surface area contributed by atoms with Crippen LogP contribution < -0.4 is 10.6 Å². The summed E-state index contributed by atoms with van der Waals surface area (Å²) in [5.74, 6) is 0.595. The Balaban J connectivity index is 1.33. The molecule has 0 radical (unpaired) electrons. The van der Waals surface area contributed by atoms with Gasteiger partial charge in [-0.25, -0.2) is 4.79 Å². The molecule has 4 atom stereocenters. The summed E-state index contributed by atoms with van der Waals surface area (Å²) in [4.78, 5) is 14.6. The number of esters is 1. The third-order valence-corrected chi connectivity index (χ3v) is 17.2. The number of halogens is 4. The van der Waals surface area contributed by atoms with Crippen LogP contribution in [0, 0.1) is 22.7 Å². The summed E-state index contributed by atoms with van der Waals surface area (Å²) in [7, 11) is 0. The fourth-order valence-corrected chi connectivity index (χ4v) is 14.7. The minimum atomic E-state index is -1.61. The molecule has 8 heteroatoms. The monoisotopic (exact) mass is 1040 g/mol. The van der Waals surface area contributed by atoms with Crippen LogP contribution in [0.3, 0.4) is 0 Å². The second-order valence-corrected chi connectivity index (χ2v) is 25.7. The van der Waals surface area contributed by atoms with Gasteiger partial charge in [0.1, 0.15) is 0 Å². The van der Waals surface area contributed by atoms with Gasteiger partial charge in [0.25, 0.3) is 0 Å². The molecule has 8 rings (SSSR count). The smallest absolute Gasteiger partial charge is 0.341 e. The number of benzene rings is 5. The fourth-order valence-electron chi connectivity index (χ4n) is 13.6. The van der Waals surface area contributed by atoms with Crippen molar-refractivity contribution in [3.8, 4) is 0 Å². The zero-order valence-electron chi connectivity index (χ0n) is 44.4. The van der Waals surface area contributed by atoms with Crippen molar-refractivity contribution in [1.82, 2.24) is 0 Å². The first-order chi connectivity index (χ1) is 34.0. The van der Waals surface area contributed by atoms with Gasteiger partial charge in [-0.15, -0.1) is 0 Å². The fraction of sp³-hybridized carbons (Fsp3) is 0.453. The van der Waals surface area contributed by atoms with Crippen molar-refractivity contribution in [2.75, 3.05) is 10.6 Å². The molecule has 2 aliphatic carbocycles. The van der Waals surface area contributed by atoms with Crippen LogP contribution in [0.25, 0.3) is 11.1 Å². The van der Waals surface area contributed by atoms with Gasteiger partial charge < -0.3 is 15.4 Å². The zero-order valence-corrected chi connectivity index (χ0v) is 47.4. The summed E-state index contributed by atoms with van der Waals surface area (Å²) in [5.41, 5.74) is 9.35. The molecule has 0 amide bonds. The van der Waals surface area contributed by atoms with Crippen LogP contribution in [0.4, 0.5) is 11.4 Å². The lowest BCUT2D eigenvalue weighted by Gasteiger charge is -2.46. The number of fused-ring (bicyclic) bond motifs is 1. The lowest BCUT2D eigenvalue weighted by Crippen LogP contribution is -2.45. The predicted molar refractivity (Wildman–Crippen MR) is 308 cm³/mol. The third kappa shape index (κ3) is 12.2. The maximum Gasteiger partial charge on any atom is 0.341 e. The summed E-state index contributed by atoms with van der Waals surface area (Å²) >= 11 is 28.2. The molecule has 0 spiro atoms. The number of carbonyl (C=O) groups excluding carboxylic acids is 1. The summed E-state index contributed by atoms with van der Waals surface area (Å²) < 4.78 is 6.82. The van der Waals surface area contributed by atoms with E-state index in [1.807, 2.05) is 12.2 Å². The van der Waals surface area contributed by atoms with Crippen LogP contribution >= 0.6 is 46.4 Å². The van der Waals surface area contributed by atoms with E-state index in [2.05, 4.69) is 177 Å². The van der Waals surface area contributed by atoms with E-state index in [-0.39, 0.29) is 47.6 Å². The normalized spacial score (nSPS) is 24.9. The van der Waals surface area contributed by atoms with Gasteiger partial charge in [0, 0.05) is 28.0 Å². The average molecular weight is 1050 g/mol. The molecule has 3 aliphatic rings. The van der Waals surface area contributed by atoms with E-state index < -0.39 is 11.6 Å². The first-order valence-electron chi connectivity index (χ1n) is 26.5. The van der Waals surface area contributed by atoms with Crippen LogP contribution in [0.1, 0.15) is 183 Å². The first-order valence-corrected chi connectivity index (χ1v) is 28.1. The number of anilines is 2. The quantitative estimate of drug-likeness (QED) is 0.0587. The number of hydrogen-bond donors (Lipinski definition) is 2. The summed E-state index contributed by atoms with van der Waals surface area (Å²) in [6.07, 6.45) is 17.3. The molecule has 0 bridgehead atoms. The molecule has 72 heavy (non-hydrogen) atoms. The number of rotatable bonds is 16. The van der Waals surface area contributed by atoms with Crippen molar-refractivity contribution in [2.24, 2.45) is 22.7 Å². The Morgan fingerprint density at radius 2 is 0.903 bits per heavy atom. The van der Waals surface area contributed by atoms with E-state index in [1.165, 1.54) is 24.0 Å². The third-order valence-electron chi connectivity index (χ3n) is 15.4. The molecule has 2 saturated carbocycles. The molecular weight excluding hydrogens is 971 g/mol. The first kappa shape index (κ1) is 54.1. The van der Waals surface area contributed by atoms with Crippen molar-refractivity contribution in [1.29, 1.82) is 0 Å². The second kappa shape index (κ2) is 21.6. The minimum Gasteiger partial charge on any atom is -0.442 e. The highest BCUT2D eigenvalue weighted by atomic mass is 35.5. The Hall–Kier alpha value is -4.19. The van der Waals surface area contributed by atoms with E-state index in [1.54, 1.807) is 0 Å². The van der Waals surface area contributed by atoms with Crippen LogP contribution in [-0.2, 0) is 23.2 Å². The Morgan fingerprint density at radius 1 is 0.542 bits per heavy atom. The molecule has 2 fully saturated rings. The Kier molecular flexibility index (Phi) is 16.2. The molecule has 2 N–H and O–H groups in total. The molecule has 4 nitrogen and oxygen atoms in total. The molecule has 1 heterocycles. The van der Waals surface area contributed by atoms with Crippen LogP contribution in [-0.4, -0.2) is 17.0 Å². The van der Waals surface area contributed by atoms with E-state index >= 15 is 0 Å². The topological polar surface area (TPSA) is 50.4 Å². The van der Waals surface area contributed by atoms with Crippen molar-refractivity contribution in [3.63, 3.8) is 0 Å². The number of hydrogen-bond acceptors (Lipinski definition) is 4. The lowest BCUT2D eigenvalue weighted by molar-refractivity contribution is 0.0300. The van der Waals surface area contributed by atoms with Crippen molar-refractivity contribution in [2.45, 2.75) is 163 Å². The zero-order chi connectivity index (χ0) is 51.8. The molecule has 5 aromatic carbocycles. The molecule has 0 aromatic heterocycles. The maximum atomic E-state index is 14.6. The van der Waals surface area contributed by atoms with Gasteiger partial charge in [-0.3, -0.25) is 0 Å². The summed E-state index contributed by atoms with van der Waals surface area (Å²) in [6, 6.07) is 34.8. The van der Waals surface area contributed by atoms with Crippen molar-refractivity contribution in [3.05, 3.63) is 174 Å². The Morgan fingerprint density at radius 3 is 1.26 bits per heavy atom. The second-order valence-electron chi connectivity index (χ2n) is 24.1. The molecule has 5 aromatic rings. The Bertz CT molecular complexity index is 2660. The number of unbranched alkanes of at least 4 members (excludes halogenated alkanes) is 2.